The van der Waals surface area contributed by atoms with Crippen LogP contribution >= 0.6 is 0 Å². The molecule has 20 heavy (non-hydrogen) atoms. The Balaban J connectivity index is 1.75. The molecule has 0 radical (unpaired) electrons. The molecule has 4 rings (SSSR count). The van der Waals surface area contributed by atoms with Crippen LogP contribution in [0.1, 0.15) is 59.8 Å². The third kappa shape index (κ3) is 1.24. The molecular weight excluding hydrogens is 248 g/mol. The van der Waals surface area contributed by atoms with Crippen molar-refractivity contribution in [2.45, 2.75) is 65.4 Å². The highest BCUT2D eigenvalue weighted by Gasteiger charge is 2.71. The maximum atomic E-state index is 11.9. The monoisotopic (exact) mass is 274 g/mol. The summed E-state index contributed by atoms with van der Waals surface area (Å²) in [4.78, 5) is 11.9. The molecule has 110 valence electrons. The zero-order chi connectivity index (χ0) is 14.4. The number of ketones is 1. The average molecular weight is 274 g/mol. The lowest BCUT2D eigenvalue weighted by Crippen LogP contribution is -2.55. The Labute approximate surface area is 122 Å². The van der Waals surface area contributed by atoms with Crippen molar-refractivity contribution in [1.29, 1.82) is 0 Å². The molecule has 4 aliphatic rings. The second-order valence-corrected chi connectivity index (χ2v) is 8.83. The number of fused-ring (bicyclic) bond motifs is 4. The van der Waals surface area contributed by atoms with E-state index in [2.05, 4.69) is 27.7 Å². The third-order valence-electron chi connectivity index (χ3n) is 7.87. The van der Waals surface area contributed by atoms with E-state index in [1.807, 2.05) is 6.08 Å². The van der Waals surface area contributed by atoms with E-state index >= 15 is 0 Å². The number of ether oxygens (including phenoxy) is 1. The highest BCUT2D eigenvalue weighted by atomic mass is 16.5. The summed E-state index contributed by atoms with van der Waals surface area (Å²) in [6, 6.07) is 0. The maximum Gasteiger partial charge on any atom is 0.156 e. The summed E-state index contributed by atoms with van der Waals surface area (Å²) in [6.07, 6.45) is 7.45. The quantitative estimate of drug-likeness (QED) is 0.669. The standard InChI is InChI=1S/C18H26O2/c1-15(2)12-5-6-17(15,4)18(8-12)11-16(3)9-14(19)7-13(16)10-20-18/h7,12H,5-6,8-11H2,1-4H3/t12-,16+,17-,18+/m1/s1. The molecule has 0 aromatic rings. The highest BCUT2D eigenvalue weighted by molar-refractivity contribution is 5.94. The van der Waals surface area contributed by atoms with Gasteiger partial charge < -0.3 is 4.74 Å². The molecule has 2 saturated carbocycles. The molecular formula is C18H26O2. The molecule has 0 aromatic heterocycles. The van der Waals surface area contributed by atoms with Crippen molar-refractivity contribution in [3.8, 4) is 0 Å². The maximum absolute atomic E-state index is 11.9. The van der Waals surface area contributed by atoms with Crippen molar-refractivity contribution in [1.82, 2.24) is 0 Å². The van der Waals surface area contributed by atoms with Gasteiger partial charge >= 0.3 is 0 Å². The number of hydrogen-bond acceptors (Lipinski definition) is 2. The SMILES string of the molecule is CC1(C)[C@@H]2CC[C@@]1(C)[C@]1(C2)C[C@]2(C)CC(=O)C=C2CO1. The Morgan fingerprint density at radius 3 is 2.60 bits per heavy atom. The average Bonchev–Trinajstić information content (AvgIpc) is 2.81. The van der Waals surface area contributed by atoms with Gasteiger partial charge in [-0.05, 0) is 48.7 Å². The van der Waals surface area contributed by atoms with Crippen LogP contribution in [0.3, 0.4) is 0 Å². The summed E-state index contributed by atoms with van der Waals surface area (Å²) < 4.78 is 6.51. The fraction of sp³-hybridized carbons (Fsp3) is 0.833. The van der Waals surface area contributed by atoms with Gasteiger partial charge in [-0.15, -0.1) is 0 Å². The van der Waals surface area contributed by atoms with E-state index in [4.69, 9.17) is 4.74 Å². The van der Waals surface area contributed by atoms with Crippen molar-refractivity contribution in [3.05, 3.63) is 11.6 Å². The van der Waals surface area contributed by atoms with E-state index in [0.717, 1.165) is 12.3 Å². The van der Waals surface area contributed by atoms with E-state index in [9.17, 15) is 4.79 Å². The van der Waals surface area contributed by atoms with Crippen LogP contribution < -0.4 is 0 Å². The van der Waals surface area contributed by atoms with Crippen LogP contribution in [-0.2, 0) is 9.53 Å². The minimum Gasteiger partial charge on any atom is -0.370 e. The first-order chi connectivity index (χ1) is 9.23. The topological polar surface area (TPSA) is 26.3 Å². The fourth-order valence-electron chi connectivity index (χ4n) is 6.08. The molecule has 3 fully saturated rings. The molecule has 1 saturated heterocycles. The summed E-state index contributed by atoms with van der Waals surface area (Å²) in [5.74, 6) is 1.09. The van der Waals surface area contributed by atoms with Crippen LogP contribution in [0.5, 0.6) is 0 Å². The first-order valence-electron chi connectivity index (χ1n) is 8.10. The number of allylic oxidation sites excluding steroid dienone is 1. The smallest absolute Gasteiger partial charge is 0.156 e. The molecule has 0 aromatic carbocycles. The predicted molar refractivity (Wildman–Crippen MR) is 78.3 cm³/mol. The number of rotatable bonds is 0. The first-order valence-corrected chi connectivity index (χ1v) is 8.10. The zero-order valence-electron chi connectivity index (χ0n) is 13.2. The van der Waals surface area contributed by atoms with Gasteiger partial charge in [-0.25, -0.2) is 0 Å². The fourth-order valence-corrected chi connectivity index (χ4v) is 6.08. The predicted octanol–water partition coefficient (Wildman–Crippen LogP) is 3.90. The van der Waals surface area contributed by atoms with Gasteiger partial charge in [0.25, 0.3) is 0 Å². The van der Waals surface area contributed by atoms with Crippen molar-refractivity contribution in [2.24, 2.45) is 22.2 Å². The number of hydrogen-bond donors (Lipinski definition) is 0. The normalized spacial score (nSPS) is 52.5. The van der Waals surface area contributed by atoms with E-state index in [1.54, 1.807) is 0 Å². The summed E-state index contributed by atoms with van der Waals surface area (Å²) in [6.45, 7) is 10.3. The third-order valence-corrected chi connectivity index (χ3v) is 7.87. The molecule has 2 heteroatoms. The summed E-state index contributed by atoms with van der Waals surface area (Å²) >= 11 is 0. The minimum absolute atomic E-state index is 0.0100. The van der Waals surface area contributed by atoms with E-state index in [-0.39, 0.29) is 16.4 Å². The molecule has 1 heterocycles. The van der Waals surface area contributed by atoms with Crippen LogP contribution in [-0.4, -0.2) is 18.0 Å². The number of carbonyl (C=O) groups excluding carboxylic acids is 1. The van der Waals surface area contributed by atoms with Crippen molar-refractivity contribution in [2.75, 3.05) is 6.61 Å². The van der Waals surface area contributed by atoms with E-state index < -0.39 is 0 Å². The van der Waals surface area contributed by atoms with Crippen molar-refractivity contribution in [3.63, 3.8) is 0 Å². The summed E-state index contributed by atoms with van der Waals surface area (Å²) in [5, 5.41) is 0. The lowest BCUT2D eigenvalue weighted by atomic mass is 9.58. The minimum atomic E-state index is 0.0100. The molecule has 4 atom stereocenters. The molecule has 1 spiro atoms. The van der Waals surface area contributed by atoms with Gasteiger partial charge in [-0.1, -0.05) is 27.7 Å². The summed E-state index contributed by atoms with van der Waals surface area (Å²) in [7, 11) is 0. The molecule has 0 N–H and O–H groups in total. The Kier molecular flexibility index (Phi) is 2.22. The van der Waals surface area contributed by atoms with Crippen molar-refractivity contribution >= 4 is 5.78 Å². The number of carbonyl (C=O) groups is 1. The van der Waals surface area contributed by atoms with Crippen molar-refractivity contribution < 1.29 is 9.53 Å². The molecule has 2 bridgehead atoms. The van der Waals surface area contributed by atoms with E-state index in [0.29, 0.717) is 24.2 Å². The van der Waals surface area contributed by atoms with Crippen LogP contribution in [0, 0.1) is 22.2 Å². The van der Waals surface area contributed by atoms with Crippen LogP contribution in [0.25, 0.3) is 0 Å². The van der Waals surface area contributed by atoms with Crippen LogP contribution in [0.4, 0.5) is 0 Å². The van der Waals surface area contributed by atoms with Gasteiger partial charge in [-0.3, -0.25) is 4.79 Å². The van der Waals surface area contributed by atoms with E-state index in [1.165, 1.54) is 24.8 Å². The molecule has 3 aliphatic carbocycles. The lowest BCUT2D eigenvalue weighted by molar-refractivity contribution is -0.171. The Morgan fingerprint density at radius 2 is 2.00 bits per heavy atom. The lowest BCUT2D eigenvalue weighted by Gasteiger charge is -2.54. The second-order valence-electron chi connectivity index (χ2n) is 8.83. The summed E-state index contributed by atoms with van der Waals surface area (Å²) in [5.41, 5.74) is 1.96. The van der Waals surface area contributed by atoms with Gasteiger partial charge in [0.1, 0.15) is 0 Å². The second kappa shape index (κ2) is 3.40. The Morgan fingerprint density at radius 1 is 1.25 bits per heavy atom. The van der Waals surface area contributed by atoms with Gasteiger partial charge in [-0.2, -0.15) is 0 Å². The molecule has 1 aliphatic heterocycles. The van der Waals surface area contributed by atoms with Gasteiger partial charge in [0.05, 0.1) is 12.2 Å². The van der Waals surface area contributed by atoms with Crippen LogP contribution in [0.2, 0.25) is 0 Å². The van der Waals surface area contributed by atoms with Gasteiger partial charge in [0.2, 0.25) is 0 Å². The Bertz CT molecular complexity index is 532. The molecule has 2 nitrogen and oxygen atoms in total. The van der Waals surface area contributed by atoms with Crippen LogP contribution in [0.15, 0.2) is 11.6 Å². The Hall–Kier alpha value is -0.630. The zero-order valence-corrected chi connectivity index (χ0v) is 13.2. The highest BCUT2D eigenvalue weighted by Crippen LogP contribution is 2.74. The molecule has 0 unspecified atom stereocenters. The van der Waals surface area contributed by atoms with Gasteiger partial charge in [0, 0.05) is 17.3 Å². The molecule has 0 amide bonds. The first kappa shape index (κ1) is 13.1. The largest absolute Gasteiger partial charge is 0.370 e. The van der Waals surface area contributed by atoms with Gasteiger partial charge in [0.15, 0.2) is 5.78 Å².